The van der Waals surface area contributed by atoms with Crippen molar-refractivity contribution in [1.82, 2.24) is 10.1 Å². The van der Waals surface area contributed by atoms with Crippen LogP contribution in [0, 0.1) is 0 Å². The standard InChI is InChI=1S/C15H18N2O3S/c1-19-13-7-6-10(8-12(13)18)15-16-14(17-20-15)9-21-11-4-2-3-5-11/h6-8,11,18H,2-5,9H2,1H3. The van der Waals surface area contributed by atoms with Gasteiger partial charge in [-0.1, -0.05) is 18.0 Å². The molecule has 1 fully saturated rings. The summed E-state index contributed by atoms with van der Waals surface area (Å²) in [6, 6.07) is 5.04. The summed E-state index contributed by atoms with van der Waals surface area (Å²) in [4.78, 5) is 4.39. The molecule has 1 aromatic heterocycles. The molecule has 0 amide bonds. The van der Waals surface area contributed by atoms with Gasteiger partial charge in [0.15, 0.2) is 17.3 Å². The van der Waals surface area contributed by atoms with E-state index in [0.29, 0.717) is 23.0 Å². The smallest absolute Gasteiger partial charge is 0.258 e. The molecule has 0 atom stereocenters. The summed E-state index contributed by atoms with van der Waals surface area (Å²) in [6.45, 7) is 0. The molecule has 3 rings (SSSR count). The molecule has 2 aromatic rings. The number of phenolic OH excluding ortho intramolecular Hbond substituents is 1. The molecule has 1 N–H and O–H groups in total. The second kappa shape index (κ2) is 6.39. The van der Waals surface area contributed by atoms with Gasteiger partial charge in [-0.25, -0.2) is 0 Å². The number of hydrogen-bond donors (Lipinski definition) is 1. The van der Waals surface area contributed by atoms with Crippen molar-refractivity contribution in [3.8, 4) is 23.0 Å². The quantitative estimate of drug-likeness (QED) is 0.909. The molecule has 0 radical (unpaired) electrons. The first-order valence-electron chi connectivity index (χ1n) is 7.08. The van der Waals surface area contributed by atoms with E-state index >= 15 is 0 Å². The van der Waals surface area contributed by atoms with Crippen LogP contribution in [0.3, 0.4) is 0 Å². The van der Waals surface area contributed by atoms with Crippen molar-refractivity contribution < 1.29 is 14.4 Å². The molecule has 1 aliphatic carbocycles. The minimum Gasteiger partial charge on any atom is -0.504 e. The van der Waals surface area contributed by atoms with Crippen LogP contribution < -0.4 is 4.74 Å². The molecule has 112 valence electrons. The summed E-state index contributed by atoms with van der Waals surface area (Å²) in [5.74, 6) is 2.40. The number of rotatable bonds is 5. The van der Waals surface area contributed by atoms with Crippen LogP contribution in [0.1, 0.15) is 31.5 Å². The average molecular weight is 306 g/mol. The zero-order valence-electron chi connectivity index (χ0n) is 11.9. The maximum atomic E-state index is 9.79. The predicted molar refractivity (Wildman–Crippen MR) is 81.5 cm³/mol. The monoisotopic (exact) mass is 306 g/mol. The predicted octanol–water partition coefficient (Wildman–Crippen LogP) is 3.63. The molecule has 1 aliphatic rings. The van der Waals surface area contributed by atoms with Crippen molar-refractivity contribution in [2.45, 2.75) is 36.7 Å². The summed E-state index contributed by atoms with van der Waals surface area (Å²) in [5, 5.41) is 14.5. The largest absolute Gasteiger partial charge is 0.504 e. The van der Waals surface area contributed by atoms with E-state index in [4.69, 9.17) is 9.26 Å². The first kappa shape index (κ1) is 14.3. The van der Waals surface area contributed by atoms with Crippen molar-refractivity contribution in [2.24, 2.45) is 0 Å². The van der Waals surface area contributed by atoms with Gasteiger partial charge in [-0.15, -0.1) is 0 Å². The molecular weight excluding hydrogens is 288 g/mol. The van der Waals surface area contributed by atoms with E-state index in [-0.39, 0.29) is 5.75 Å². The van der Waals surface area contributed by atoms with Crippen LogP contribution in [0.5, 0.6) is 11.5 Å². The van der Waals surface area contributed by atoms with Gasteiger partial charge in [-0.3, -0.25) is 0 Å². The van der Waals surface area contributed by atoms with Gasteiger partial charge in [-0.05, 0) is 31.0 Å². The molecule has 1 heterocycles. The maximum Gasteiger partial charge on any atom is 0.258 e. The Morgan fingerprint density at radius 2 is 2.19 bits per heavy atom. The van der Waals surface area contributed by atoms with E-state index in [2.05, 4.69) is 10.1 Å². The Labute approximate surface area is 127 Å². The van der Waals surface area contributed by atoms with Gasteiger partial charge in [0, 0.05) is 10.8 Å². The Morgan fingerprint density at radius 3 is 2.90 bits per heavy atom. The second-order valence-corrected chi connectivity index (χ2v) is 6.41. The zero-order valence-corrected chi connectivity index (χ0v) is 12.7. The number of nitrogens with zero attached hydrogens (tertiary/aromatic N) is 2. The third-order valence-corrected chi connectivity index (χ3v) is 5.01. The van der Waals surface area contributed by atoms with Gasteiger partial charge in [0.1, 0.15) is 0 Å². The lowest BCUT2D eigenvalue weighted by Crippen LogP contribution is -1.95. The van der Waals surface area contributed by atoms with Crippen LogP contribution in [0.4, 0.5) is 0 Å². The van der Waals surface area contributed by atoms with Gasteiger partial charge in [0.2, 0.25) is 0 Å². The first-order chi connectivity index (χ1) is 10.3. The average Bonchev–Trinajstić information content (AvgIpc) is 3.16. The van der Waals surface area contributed by atoms with E-state index < -0.39 is 0 Å². The summed E-state index contributed by atoms with van der Waals surface area (Å²) in [7, 11) is 1.51. The molecule has 6 heteroatoms. The molecule has 0 aliphatic heterocycles. The number of phenols is 1. The highest BCUT2D eigenvalue weighted by molar-refractivity contribution is 7.99. The van der Waals surface area contributed by atoms with E-state index in [9.17, 15) is 5.11 Å². The van der Waals surface area contributed by atoms with Crippen molar-refractivity contribution >= 4 is 11.8 Å². The van der Waals surface area contributed by atoms with Crippen LogP contribution in [-0.2, 0) is 5.75 Å². The second-order valence-electron chi connectivity index (χ2n) is 5.12. The number of thioether (sulfide) groups is 1. The van der Waals surface area contributed by atoms with Gasteiger partial charge < -0.3 is 14.4 Å². The number of hydrogen-bond acceptors (Lipinski definition) is 6. The molecule has 1 saturated carbocycles. The maximum absolute atomic E-state index is 9.79. The minimum atomic E-state index is 0.0649. The molecule has 0 unspecified atom stereocenters. The SMILES string of the molecule is COc1ccc(-c2nc(CSC3CCCC3)no2)cc1O. The van der Waals surface area contributed by atoms with Crippen LogP contribution in [-0.4, -0.2) is 27.6 Å². The van der Waals surface area contributed by atoms with E-state index in [1.54, 1.807) is 18.2 Å². The van der Waals surface area contributed by atoms with Crippen molar-refractivity contribution in [1.29, 1.82) is 0 Å². The van der Waals surface area contributed by atoms with Crippen molar-refractivity contribution in [3.05, 3.63) is 24.0 Å². The number of aromatic hydroxyl groups is 1. The normalized spacial score (nSPS) is 15.5. The fourth-order valence-corrected chi connectivity index (χ4v) is 3.67. The van der Waals surface area contributed by atoms with Crippen LogP contribution in [0.2, 0.25) is 0 Å². The highest BCUT2D eigenvalue weighted by Gasteiger charge is 2.17. The summed E-state index contributed by atoms with van der Waals surface area (Å²) in [6.07, 6.45) is 5.25. The fourth-order valence-electron chi connectivity index (χ4n) is 2.50. The van der Waals surface area contributed by atoms with Crippen LogP contribution in [0.25, 0.3) is 11.5 Å². The number of benzene rings is 1. The Bertz CT molecular complexity index is 609. The van der Waals surface area contributed by atoms with Crippen LogP contribution in [0.15, 0.2) is 22.7 Å². The molecular formula is C15H18N2O3S. The Balaban J connectivity index is 1.67. The number of methoxy groups -OCH3 is 1. The Kier molecular flexibility index (Phi) is 4.34. The summed E-state index contributed by atoms with van der Waals surface area (Å²) >= 11 is 1.90. The third-order valence-electron chi connectivity index (χ3n) is 3.64. The lowest BCUT2D eigenvalue weighted by molar-refractivity contribution is 0.373. The van der Waals surface area contributed by atoms with E-state index in [1.165, 1.54) is 32.8 Å². The number of ether oxygens (including phenoxy) is 1. The molecule has 0 bridgehead atoms. The van der Waals surface area contributed by atoms with Gasteiger partial charge in [0.05, 0.1) is 12.9 Å². The summed E-state index contributed by atoms with van der Waals surface area (Å²) in [5.41, 5.74) is 0.693. The van der Waals surface area contributed by atoms with Crippen LogP contribution >= 0.6 is 11.8 Å². The highest BCUT2D eigenvalue weighted by Crippen LogP contribution is 2.33. The van der Waals surface area contributed by atoms with E-state index in [1.807, 2.05) is 11.8 Å². The minimum absolute atomic E-state index is 0.0649. The topological polar surface area (TPSA) is 68.4 Å². The Morgan fingerprint density at radius 1 is 1.38 bits per heavy atom. The summed E-state index contributed by atoms with van der Waals surface area (Å²) < 4.78 is 10.3. The fraction of sp³-hybridized carbons (Fsp3) is 0.467. The van der Waals surface area contributed by atoms with Crippen molar-refractivity contribution in [3.63, 3.8) is 0 Å². The molecule has 21 heavy (non-hydrogen) atoms. The van der Waals surface area contributed by atoms with Gasteiger partial charge >= 0.3 is 0 Å². The first-order valence-corrected chi connectivity index (χ1v) is 8.12. The third kappa shape index (κ3) is 3.32. The van der Waals surface area contributed by atoms with Gasteiger partial charge in [0.25, 0.3) is 5.89 Å². The zero-order chi connectivity index (χ0) is 14.7. The van der Waals surface area contributed by atoms with E-state index in [0.717, 1.165) is 11.0 Å². The molecule has 0 saturated heterocycles. The van der Waals surface area contributed by atoms with Gasteiger partial charge in [-0.2, -0.15) is 16.7 Å². The Hall–Kier alpha value is -1.69. The lowest BCUT2D eigenvalue weighted by atomic mass is 10.2. The number of aromatic nitrogens is 2. The highest BCUT2D eigenvalue weighted by atomic mass is 32.2. The lowest BCUT2D eigenvalue weighted by Gasteiger charge is -2.05. The molecule has 1 aromatic carbocycles. The molecule has 5 nitrogen and oxygen atoms in total. The molecule has 0 spiro atoms. The van der Waals surface area contributed by atoms with Crippen molar-refractivity contribution in [2.75, 3.05) is 7.11 Å².